The van der Waals surface area contributed by atoms with Crippen molar-refractivity contribution in [3.63, 3.8) is 0 Å². The number of nitriles is 1. The van der Waals surface area contributed by atoms with Crippen LogP contribution in [0.25, 0.3) is 0 Å². The van der Waals surface area contributed by atoms with Crippen LogP contribution < -0.4 is 11.1 Å². The lowest BCUT2D eigenvalue weighted by molar-refractivity contribution is 0.580. The van der Waals surface area contributed by atoms with Gasteiger partial charge in [0.1, 0.15) is 0 Å². The minimum Gasteiger partial charge on any atom is -0.397 e. The first-order valence-corrected chi connectivity index (χ1v) is 5.83. The number of hydrogen-bond acceptors (Lipinski definition) is 3. The molecule has 0 heterocycles. The van der Waals surface area contributed by atoms with Gasteiger partial charge in [-0.15, -0.1) is 0 Å². The van der Waals surface area contributed by atoms with Crippen LogP contribution in [0.2, 0.25) is 0 Å². The van der Waals surface area contributed by atoms with Crippen molar-refractivity contribution in [2.75, 3.05) is 17.6 Å². The SMILES string of the molecule is N#Cc1ccc(NCC2CCCC2)c(N)c1. The summed E-state index contributed by atoms with van der Waals surface area (Å²) in [5.41, 5.74) is 8.10. The van der Waals surface area contributed by atoms with Crippen molar-refractivity contribution in [2.45, 2.75) is 25.7 Å². The summed E-state index contributed by atoms with van der Waals surface area (Å²) in [5.74, 6) is 0.787. The van der Waals surface area contributed by atoms with E-state index in [4.69, 9.17) is 11.0 Å². The number of rotatable bonds is 3. The molecule has 1 fully saturated rings. The van der Waals surface area contributed by atoms with E-state index in [0.717, 1.165) is 18.2 Å². The van der Waals surface area contributed by atoms with E-state index in [0.29, 0.717) is 11.3 Å². The van der Waals surface area contributed by atoms with E-state index in [2.05, 4.69) is 11.4 Å². The molecule has 0 aliphatic heterocycles. The zero-order valence-electron chi connectivity index (χ0n) is 9.37. The number of anilines is 2. The molecule has 0 aromatic heterocycles. The van der Waals surface area contributed by atoms with Crippen molar-refractivity contribution >= 4 is 11.4 Å². The Hall–Kier alpha value is -1.69. The van der Waals surface area contributed by atoms with Crippen molar-refractivity contribution in [3.05, 3.63) is 23.8 Å². The van der Waals surface area contributed by atoms with Crippen LogP contribution in [0.3, 0.4) is 0 Å². The lowest BCUT2D eigenvalue weighted by Gasteiger charge is -2.13. The molecule has 0 saturated heterocycles. The zero-order valence-corrected chi connectivity index (χ0v) is 9.37. The fraction of sp³-hybridized carbons (Fsp3) is 0.462. The number of nitrogens with zero attached hydrogens (tertiary/aromatic N) is 1. The van der Waals surface area contributed by atoms with Crippen LogP contribution >= 0.6 is 0 Å². The average Bonchev–Trinajstić information content (AvgIpc) is 2.80. The molecule has 0 unspecified atom stereocenters. The predicted molar refractivity (Wildman–Crippen MR) is 66.0 cm³/mol. The van der Waals surface area contributed by atoms with Gasteiger partial charge >= 0.3 is 0 Å². The number of nitrogens with one attached hydrogen (secondary N) is 1. The van der Waals surface area contributed by atoms with Crippen LogP contribution in [0.15, 0.2) is 18.2 Å². The van der Waals surface area contributed by atoms with Crippen LogP contribution in [0.1, 0.15) is 31.2 Å². The first kappa shape index (κ1) is 10.8. The zero-order chi connectivity index (χ0) is 11.4. The third-order valence-corrected chi connectivity index (χ3v) is 3.24. The standard InChI is InChI=1S/C13H17N3/c14-8-11-5-6-13(12(15)7-11)16-9-10-3-1-2-4-10/h5-7,10,16H,1-4,9,15H2. The minimum atomic E-state index is 0.615. The third kappa shape index (κ3) is 2.46. The van der Waals surface area contributed by atoms with Gasteiger partial charge in [0.2, 0.25) is 0 Å². The second kappa shape index (κ2) is 4.89. The molecule has 1 aliphatic carbocycles. The van der Waals surface area contributed by atoms with Gasteiger partial charge < -0.3 is 11.1 Å². The highest BCUT2D eigenvalue weighted by molar-refractivity contribution is 5.68. The smallest absolute Gasteiger partial charge is 0.0992 e. The molecule has 2 rings (SSSR count). The number of nitrogens with two attached hydrogens (primary N) is 1. The van der Waals surface area contributed by atoms with E-state index in [1.165, 1.54) is 25.7 Å². The fourth-order valence-corrected chi connectivity index (χ4v) is 2.26. The molecule has 3 nitrogen and oxygen atoms in total. The topological polar surface area (TPSA) is 61.8 Å². The minimum absolute atomic E-state index is 0.615. The van der Waals surface area contributed by atoms with E-state index >= 15 is 0 Å². The Balaban J connectivity index is 1.96. The van der Waals surface area contributed by atoms with Crippen LogP contribution in [0.5, 0.6) is 0 Å². The van der Waals surface area contributed by atoms with E-state index in [9.17, 15) is 0 Å². The summed E-state index contributed by atoms with van der Waals surface area (Å²) in [5, 5.41) is 12.1. The van der Waals surface area contributed by atoms with Gasteiger partial charge in [0.25, 0.3) is 0 Å². The molecule has 0 atom stereocenters. The van der Waals surface area contributed by atoms with Crippen molar-refractivity contribution in [1.29, 1.82) is 5.26 Å². The monoisotopic (exact) mass is 215 g/mol. The van der Waals surface area contributed by atoms with Gasteiger partial charge in [0, 0.05) is 6.54 Å². The van der Waals surface area contributed by atoms with E-state index in [1.807, 2.05) is 6.07 Å². The molecule has 3 heteroatoms. The molecule has 1 saturated carbocycles. The van der Waals surface area contributed by atoms with Crippen molar-refractivity contribution in [2.24, 2.45) is 5.92 Å². The van der Waals surface area contributed by atoms with E-state index < -0.39 is 0 Å². The van der Waals surface area contributed by atoms with Crippen molar-refractivity contribution in [3.8, 4) is 6.07 Å². The predicted octanol–water partition coefficient (Wildman–Crippen LogP) is 2.74. The number of benzene rings is 1. The molecular formula is C13H17N3. The van der Waals surface area contributed by atoms with Crippen molar-refractivity contribution < 1.29 is 0 Å². The summed E-state index contributed by atoms with van der Waals surface area (Å²) in [6.07, 6.45) is 5.36. The molecular weight excluding hydrogens is 198 g/mol. The van der Waals surface area contributed by atoms with Gasteiger partial charge in [-0.3, -0.25) is 0 Å². The summed E-state index contributed by atoms with van der Waals surface area (Å²) >= 11 is 0. The summed E-state index contributed by atoms with van der Waals surface area (Å²) in [6, 6.07) is 7.49. The first-order chi connectivity index (χ1) is 7.79. The first-order valence-electron chi connectivity index (χ1n) is 5.83. The lowest BCUT2D eigenvalue weighted by Crippen LogP contribution is -2.12. The van der Waals surface area contributed by atoms with Gasteiger partial charge in [0.15, 0.2) is 0 Å². The van der Waals surface area contributed by atoms with Gasteiger partial charge in [-0.1, -0.05) is 12.8 Å². The maximum atomic E-state index is 8.73. The van der Waals surface area contributed by atoms with Gasteiger partial charge in [0.05, 0.1) is 23.0 Å². The molecule has 3 N–H and O–H groups in total. The Morgan fingerprint density at radius 3 is 2.75 bits per heavy atom. The normalized spacial score (nSPS) is 15.9. The summed E-state index contributed by atoms with van der Waals surface area (Å²) < 4.78 is 0. The Morgan fingerprint density at radius 2 is 2.12 bits per heavy atom. The Labute approximate surface area is 96.3 Å². The Morgan fingerprint density at radius 1 is 1.38 bits per heavy atom. The largest absolute Gasteiger partial charge is 0.397 e. The fourth-order valence-electron chi connectivity index (χ4n) is 2.26. The second-order valence-corrected chi connectivity index (χ2v) is 4.45. The second-order valence-electron chi connectivity index (χ2n) is 4.45. The van der Waals surface area contributed by atoms with Gasteiger partial charge in [-0.25, -0.2) is 0 Å². The van der Waals surface area contributed by atoms with E-state index in [-0.39, 0.29) is 0 Å². The third-order valence-electron chi connectivity index (χ3n) is 3.24. The molecule has 1 aliphatic rings. The molecule has 1 aromatic rings. The molecule has 84 valence electrons. The highest BCUT2D eigenvalue weighted by Crippen LogP contribution is 2.26. The Bertz CT molecular complexity index is 400. The molecule has 16 heavy (non-hydrogen) atoms. The average molecular weight is 215 g/mol. The van der Waals surface area contributed by atoms with Gasteiger partial charge in [-0.2, -0.15) is 5.26 Å². The number of nitrogen functional groups attached to an aromatic ring is 1. The van der Waals surface area contributed by atoms with E-state index in [1.54, 1.807) is 12.1 Å². The lowest BCUT2D eigenvalue weighted by atomic mass is 10.1. The van der Waals surface area contributed by atoms with Gasteiger partial charge in [-0.05, 0) is 37.0 Å². The quantitative estimate of drug-likeness (QED) is 0.762. The molecule has 0 radical (unpaired) electrons. The summed E-state index contributed by atoms with van der Waals surface area (Å²) in [4.78, 5) is 0. The highest BCUT2D eigenvalue weighted by atomic mass is 14.9. The Kier molecular flexibility index (Phi) is 3.31. The molecule has 0 bridgehead atoms. The maximum absolute atomic E-state index is 8.73. The van der Waals surface area contributed by atoms with Crippen LogP contribution in [0.4, 0.5) is 11.4 Å². The maximum Gasteiger partial charge on any atom is 0.0992 e. The van der Waals surface area contributed by atoms with Crippen molar-refractivity contribution in [1.82, 2.24) is 0 Å². The van der Waals surface area contributed by atoms with Crippen LogP contribution in [0, 0.1) is 17.2 Å². The summed E-state index contributed by atoms with van der Waals surface area (Å²) in [7, 11) is 0. The molecule has 0 amide bonds. The van der Waals surface area contributed by atoms with Crippen LogP contribution in [-0.2, 0) is 0 Å². The summed E-state index contributed by atoms with van der Waals surface area (Å²) in [6.45, 7) is 0.996. The highest BCUT2D eigenvalue weighted by Gasteiger charge is 2.14. The molecule has 0 spiro atoms. The molecule has 1 aromatic carbocycles. The van der Waals surface area contributed by atoms with Crippen LogP contribution in [-0.4, -0.2) is 6.54 Å². The number of hydrogen-bond donors (Lipinski definition) is 2.